The Balaban J connectivity index is 1.74. The largest absolute Gasteiger partial charge is 0.381 e. The lowest BCUT2D eigenvalue weighted by atomic mass is 10.00. The molecule has 2 unspecified atom stereocenters. The highest BCUT2D eigenvalue weighted by molar-refractivity contribution is 7.90. The normalized spacial score (nSPS) is 27.2. The maximum Gasteiger partial charge on any atom is 0.177 e. The van der Waals surface area contributed by atoms with Crippen LogP contribution in [0.15, 0.2) is 29.2 Å². The monoisotopic (exact) mass is 295 g/mol. The van der Waals surface area contributed by atoms with Crippen molar-refractivity contribution in [2.75, 3.05) is 18.2 Å². The van der Waals surface area contributed by atoms with E-state index in [1.54, 1.807) is 12.1 Å². The van der Waals surface area contributed by atoms with Crippen LogP contribution in [0.4, 0.5) is 5.69 Å². The van der Waals surface area contributed by atoms with E-state index < -0.39 is 9.84 Å². The second-order valence-corrected chi connectivity index (χ2v) is 7.86. The van der Waals surface area contributed by atoms with Gasteiger partial charge in [0.15, 0.2) is 9.84 Å². The maximum absolute atomic E-state index is 11.8. The highest BCUT2D eigenvalue weighted by atomic mass is 32.2. The first-order valence-electron chi connectivity index (χ1n) is 7.21. The molecule has 0 spiro atoms. The van der Waals surface area contributed by atoms with Gasteiger partial charge in [-0.05, 0) is 43.7 Å². The molecule has 0 aromatic heterocycles. The lowest BCUT2D eigenvalue weighted by Gasteiger charge is -2.31. The third-order valence-electron chi connectivity index (χ3n) is 4.11. The molecule has 110 valence electrons. The van der Waals surface area contributed by atoms with Crippen molar-refractivity contribution in [3.8, 4) is 0 Å². The van der Waals surface area contributed by atoms with Crippen molar-refractivity contribution in [1.29, 1.82) is 0 Å². The smallest absolute Gasteiger partial charge is 0.177 e. The third kappa shape index (κ3) is 3.15. The zero-order valence-electron chi connectivity index (χ0n) is 11.7. The van der Waals surface area contributed by atoms with E-state index in [-0.39, 0.29) is 0 Å². The van der Waals surface area contributed by atoms with Crippen LogP contribution in [-0.4, -0.2) is 33.4 Å². The van der Waals surface area contributed by atoms with Crippen LogP contribution in [0.1, 0.15) is 25.7 Å². The van der Waals surface area contributed by atoms with Gasteiger partial charge in [-0.1, -0.05) is 12.1 Å². The number of ether oxygens (including phenoxy) is 1. The quantitative estimate of drug-likeness (QED) is 0.927. The number of hydrogen-bond donors (Lipinski definition) is 1. The minimum Gasteiger partial charge on any atom is -0.381 e. The van der Waals surface area contributed by atoms with Gasteiger partial charge in [0.1, 0.15) is 0 Å². The van der Waals surface area contributed by atoms with E-state index in [0.29, 0.717) is 17.0 Å². The van der Waals surface area contributed by atoms with Crippen LogP contribution in [0.2, 0.25) is 0 Å². The Morgan fingerprint density at radius 1 is 1.20 bits per heavy atom. The van der Waals surface area contributed by atoms with Crippen molar-refractivity contribution in [1.82, 2.24) is 0 Å². The topological polar surface area (TPSA) is 55.4 Å². The van der Waals surface area contributed by atoms with Gasteiger partial charge in [0.2, 0.25) is 0 Å². The van der Waals surface area contributed by atoms with Crippen LogP contribution >= 0.6 is 0 Å². The number of nitrogens with one attached hydrogen (secondary N) is 1. The summed E-state index contributed by atoms with van der Waals surface area (Å²) in [7, 11) is -3.20. The van der Waals surface area contributed by atoms with Gasteiger partial charge in [0, 0.05) is 18.9 Å². The Kier molecular flexibility index (Phi) is 3.73. The van der Waals surface area contributed by atoms with E-state index in [1.165, 1.54) is 19.1 Å². The van der Waals surface area contributed by atoms with Gasteiger partial charge in [-0.2, -0.15) is 0 Å². The molecule has 1 saturated carbocycles. The molecular weight excluding hydrogens is 274 g/mol. The Hall–Kier alpha value is -1.07. The molecule has 2 fully saturated rings. The van der Waals surface area contributed by atoms with Gasteiger partial charge in [0.05, 0.1) is 16.7 Å². The summed E-state index contributed by atoms with van der Waals surface area (Å²) < 4.78 is 29.4. The fourth-order valence-corrected chi connectivity index (χ4v) is 3.74. The van der Waals surface area contributed by atoms with Gasteiger partial charge in [-0.25, -0.2) is 8.42 Å². The summed E-state index contributed by atoms with van der Waals surface area (Å²) in [6, 6.07) is 7.44. The number of sulfone groups is 1. The first-order valence-corrected chi connectivity index (χ1v) is 9.10. The van der Waals surface area contributed by atoms with Crippen molar-refractivity contribution < 1.29 is 13.2 Å². The van der Waals surface area contributed by atoms with Crippen LogP contribution in [0, 0.1) is 5.92 Å². The molecule has 5 heteroatoms. The fraction of sp³-hybridized carbons (Fsp3) is 0.600. The van der Waals surface area contributed by atoms with Gasteiger partial charge in [-0.15, -0.1) is 0 Å². The Labute approximate surface area is 120 Å². The van der Waals surface area contributed by atoms with Gasteiger partial charge in [-0.3, -0.25) is 0 Å². The molecule has 0 amide bonds. The van der Waals surface area contributed by atoms with Gasteiger partial charge in [0.25, 0.3) is 0 Å². The predicted octanol–water partition coefficient (Wildman–Crippen LogP) is 2.46. The highest BCUT2D eigenvalue weighted by Crippen LogP contribution is 2.38. The molecule has 1 aliphatic heterocycles. The standard InChI is InChI=1S/C15H21NO3S/c1-20(17,18)15-5-3-2-4-13(15)16-12-8-9-19-14(10-12)11-6-7-11/h2-5,11-12,14,16H,6-10H2,1H3. The number of rotatable bonds is 4. The molecule has 0 radical (unpaired) electrons. The Bertz CT molecular complexity index is 581. The van der Waals surface area contributed by atoms with E-state index in [4.69, 9.17) is 4.74 Å². The summed E-state index contributed by atoms with van der Waals surface area (Å²) in [6.07, 6.45) is 6.06. The minimum absolute atomic E-state index is 0.303. The summed E-state index contributed by atoms with van der Waals surface area (Å²) in [5, 5.41) is 3.41. The van der Waals surface area contributed by atoms with Crippen LogP contribution in [0.25, 0.3) is 0 Å². The van der Waals surface area contributed by atoms with Crippen molar-refractivity contribution in [2.24, 2.45) is 5.92 Å². The molecule has 20 heavy (non-hydrogen) atoms. The highest BCUT2D eigenvalue weighted by Gasteiger charge is 2.36. The second-order valence-electron chi connectivity index (χ2n) is 5.88. The van der Waals surface area contributed by atoms with Crippen molar-refractivity contribution in [2.45, 2.75) is 42.7 Å². The summed E-state index contributed by atoms with van der Waals surface area (Å²) in [5.74, 6) is 0.727. The van der Waals surface area contributed by atoms with Crippen LogP contribution < -0.4 is 5.32 Å². The van der Waals surface area contributed by atoms with Crippen molar-refractivity contribution in [3.63, 3.8) is 0 Å². The molecule has 1 heterocycles. The predicted molar refractivity (Wildman–Crippen MR) is 78.7 cm³/mol. The molecule has 1 saturated heterocycles. The molecule has 0 bridgehead atoms. The number of hydrogen-bond acceptors (Lipinski definition) is 4. The molecule has 2 atom stereocenters. The molecule has 4 nitrogen and oxygen atoms in total. The Morgan fingerprint density at radius 2 is 1.95 bits per heavy atom. The lowest BCUT2D eigenvalue weighted by molar-refractivity contribution is -0.00221. The molecule has 3 rings (SSSR count). The molecule has 2 aliphatic rings. The van der Waals surface area contributed by atoms with Gasteiger partial charge < -0.3 is 10.1 Å². The average molecular weight is 295 g/mol. The molecule has 1 N–H and O–H groups in total. The number of benzene rings is 1. The number of anilines is 1. The average Bonchev–Trinajstić information content (AvgIpc) is 3.23. The molecule has 1 aromatic carbocycles. The van der Waals surface area contributed by atoms with Crippen molar-refractivity contribution in [3.05, 3.63) is 24.3 Å². The molecular formula is C15H21NO3S. The fourth-order valence-electron chi connectivity index (χ4n) is 2.88. The van der Waals surface area contributed by atoms with Crippen LogP contribution in [0.3, 0.4) is 0 Å². The van der Waals surface area contributed by atoms with E-state index in [0.717, 1.165) is 31.1 Å². The van der Waals surface area contributed by atoms with E-state index in [9.17, 15) is 8.42 Å². The lowest BCUT2D eigenvalue weighted by Crippen LogP contribution is -2.35. The second kappa shape index (κ2) is 5.37. The summed E-state index contributed by atoms with van der Waals surface area (Å²) in [5.41, 5.74) is 0.719. The van der Waals surface area contributed by atoms with Crippen LogP contribution in [0.5, 0.6) is 0 Å². The zero-order valence-corrected chi connectivity index (χ0v) is 12.5. The summed E-state index contributed by atoms with van der Waals surface area (Å²) >= 11 is 0. The van der Waals surface area contributed by atoms with Crippen molar-refractivity contribution >= 4 is 15.5 Å². The minimum atomic E-state index is -3.20. The first kappa shape index (κ1) is 13.9. The van der Waals surface area contributed by atoms with E-state index in [2.05, 4.69) is 5.32 Å². The number of para-hydroxylation sites is 1. The summed E-state index contributed by atoms with van der Waals surface area (Å²) in [4.78, 5) is 0.384. The first-order chi connectivity index (χ1) is 9.54. The molecule has 1 aromatic rings. The molecule has 1 aliphatic carbocycles. The van der Waals surface area contributed by atoms with E-state index >= 15 is 0 Å². The third-order valence-corrected chi connectivity index (χ3v) is 5.26. The van der Waals surface area contributed by atoms with Gasteiger partial charge >= 0.3 is 0 Å². The zero-order chi connectivity index (χ0) is 14.2. The van der Waals surface area contributed by atoms with E-state index in [1.807, 2.05) is 12.1 Å². The van der Waals surface area contributed by atoms with Crippen LogP contribution in [-0.2, 0) is 14.6 Å². The Morgan fingerprint density at radius 3 is 2.65 bits per heavy atom. The SMILES string of the molecule is CS(=O)(=O)c1ccccc1NC1CCOC(C2CC2)C1. The summed E-state index contributed by atoms with van der Waals surface area (Å²) in [6.45, 7) is 0.764. The maximum atomic E-state index is 11.8.